The fraction of sp³-hybridized carbons (Fsp3) is 0.750. The van der Waals surface area contributed by atoms with Crippen LogP contribution in [0, 0.1) is 16.7 Å². The molecule has 2 unspecified atom stereocenters. The van der Waals surface area contributed by atoms with E-state index < -0.39 is 28.7 Å². The minimum atomic E-state index is -0.834. The Morgan fingerprint density at radius 1 is 0.828 bits per heavy atom. The molecule has 1 N–H and O–H groups in total. The van der Waals surface area contributed by atoms with E-state index in [-0.39, 0.29) is 10.8 Å². The second kappa shape index (κ2) is 6.44. The molecule has 0 aromatic rings. The minimum Gasteiger partial charge on any atom is -0.456 e. The van der Waals surface area contributed by atoms with Gasteiger partial charge in [-0.2, -0.15) is 0 Å². The molecule has 4 aliphatic rings. The Balaban J connectivity index is 2.01. The fourth-order valence-corrected chi connectivity index (χ4v) is 6.58. The van der Waals surface area contributed by atoms with Crippen LogP contribution in [0.4, 0.5) is 0 Å². The van der Waals surface area contributed by atoms with Crippen LogP contribution in [-0.2, 0) is 19.1 Å². The number of hydrogen-bond acceptors (Lipinski definition) is 5. The Morgan fingerprint density at radius 2 is 1.21 bits per heavy atom. The average Bonchev–Trinajstić information content (AvgIpc) is 2.51. The van der Waals surface area contributed by atoms with Crippen LogP contribution in [0.3, 0.4) is 0 Å². The smallest absolute Gasteiger partial charge is 0.333 e. The van der Waals surface area contributed by atoms with E-state index in [1.54, 1.807) is 13.8 Å². The molecule has 0 aromatic carbocycles. The molecule has 4 saturated carbocycles. The van der Waals surface area contributed by atoms with E-state index in [9.17, 15) is 14.7 Å². The molecule has 0 radical (unpaired) electrons. The Morgan fingerprint density at radius 3 is 1.52 bits per heavy atom. The van der Waals surface area contributed by atoms with Gasteiger partial charge >= 0.3 is 11.9 Å². The second-order valence-electron chi connectivity index (χ2n) is 11.2. The van der Waals surface area contributed by atoms with Crippen molar-refractivity contribution in [1.82, 2.24) is 0 Å². The lowest BCUT2D eigenvalue weighted by Crippen LogP contribution is -2.70. The van der Waals surface area contributed by atoms with Crippen molar-refractivity contribution in [3.8, 4) is 0 Å². The summed E-state index contributed by atoms with van der Waals surface area (Å²) >= 11 is 0. The first-order chi connectivity index (χ1) is 13.1. The summed E-state index contributed by atoms with van der Waals surface area (Å²) in [5, 5.41) is 11.5. The van der Waals surface area contributed by atoms with Crippen LogP contribution in [-0.4, -0.2) is 33.8 Å². The summed E-state index contributed by atoms with van der Waals surface area (Å²) in [5.74, 6) is -0.499. The Kier molecular flexibility index (Phi) is 4.90. The van der Waals surface area contributed by atoms with Crippen molar-refractivity contribution in [2.75, 3.05) is 0 Å². The van der Waals surface area contributed by atoms with Gasteiger partial charge in [-0.1, -0.05) is 13.2 Å². The number of esters is 2. The molecular weight excluding hydrogens is 368 g/mol. The van der Waals surface area contributed by atoms with Gasteiger partial charge in [-0.15, -0.1) is 0 Å². The monoisotopic (exact) mass is 404 g/mol. The fourth-order valence-electron chi connectivity index (χ4n) is 6.58. The highest BCUT2D eigenvalue weighted by Gasteiger charge is 2.71. The van der Waals surface area contributed by atoms with Gasteiger partial charge in [-0.25, -0.2) is 9.59 Å². The lowest BCUT2D eigenvalue weighted by molar-refractivity contribution is -0.285. The van der Waals surface area contributed by atoms with Gasteiger partial charge < -0.3 is 14.6 Å². The van der Waals surface area contributed by atoms with Gasteiger partial charge in [-0.05, 0) is 86.0 Å². The van der Waals surface area contributed by atoms with Gasteiger partial charge in [0.25, 0.3) is 0 Å². The van der Waals surface area contributed by atoms with Crippen molar-refractivity contribution in [3.63, 3.8) is 0 Å². The van der Waals surface area contributed by atoms with Crippen LogP contribution in [0.25, 0.3) is 0 Å². The molecule has 0 amide bonds. The molecule has 5 heteroatoms. The Hall–Kier alpha value is -1.62. The summed E-state index contributed by atoms with van der Waals surface area (Å²) in [6.45, 7) is 18.5. The highest BCUT2D eigenvalue weighted by molar-refractivity contribution is 5.87. The Labute approximate surface area is 174 Å². The predicted molar refractivity (Wildman–Crippen MR) is 111 cm³/mol. The molecule has 4 fully saturated rings. The average molecular weight is 405 g/mol. The zero-order valence-electron chi connectivity index (χ0n) is 18.8. The number of hydrogen-bond donors (Lipinski definition) is 1. The minimum absolute atomic E-state index is 0.307. The molecular formula is C24H36O5. The van der Waals surface area contributed by atoms with Crippen LogP contribution < -0.4 is 0 Å². The zero-order valence-corrected chi connectivity index (χ0v) is 18.8. The molecule has 0 saturated heterocycles. The third-order valence-electron chi connectivity index (χ3n) is 7.99. The second-order valence-corrected chi connectivity index (χ2v) is 11.2. The van der Waals surface area contributed by atoms with E-state index in [0.717, 1.165) is 25.7 Å². The van der Waals surface area contributed by atoms with Gasteiger partial charge in [-0.3, -0.25) is 0 Å². The molecule has 29 heavy (non-hydrogen) atoms. The standard InChI is InChI=1S/C24H36O5/c1-15(2)18(25)28-20(5,6)22-9-17-10-23(12-22,14-24(27,11-17)13-22)21(7,8)29-19(26)16(3)4/h17,27H,1,3,9-14H2,2,4-8H3. The highest BCUT2D eigenvalue weighted by atomic mass is 16.6. The van der Waals surface area contributed by atoms with Crippen molar-refractivity contribution >= 4 is 11.9 Å². The first kappa shape index (κ1) is 22.1. The molecule has 0 aliphatic heterocycles. The SMILES string of the molecule is C=C(C)C(=O)OC(C)(C)C12CC3CC(O)(C1)CC(C(C)(C)OC(=O)C(=C)C)(C3)C2. The van der Waals surface area contributed by atoms with Crippen molar-refractivity contribution in [2.24, 2.45) is 16.7 Å². The quantitative estimate of drug-likeness (QED) is 0.522. The van der Waals surface area contributed by atoms with Gasteiger partial charge in [0.2, 0.25) is 0 Å². The largest absolute Gasteiger partial charge is 0.456 e. The van der Waals surface area contributed by atoms with Gasteiger partial charge in [0.05, 0.1) is 5.60 Å². The molecule has 162 valence electrons. The van der Waals surface area contributed by atoms with Crippen LogP contribution in [0.1, 0.15) is 80.1 Å². The summed E-state index contributed by atoms with van der Waals surface area (Å²) in [6.07, 6.45) is 4.49. The van der Waals surface area contributed by atoms with E-state index in [2.05, 4.69) is 13.2 Å². The lowest BCUT2D eigenvalue weighted by Gasteiger charge is -2.70. The molecule has 5 nitrogen and oxygen atoms in total. The van der Waals surface area contributed by atoms with E-state index in [0.29, 0.717) is 29.9 Å². The van der Waals surface area contributed by atoms with Crippen molar-refractivity contribution in [3.05, 3.63) is 24.3 Å². The third-order valence-corrected chi connectivity index (χ3v) is 7.99. The molecule has 0 aromatic heterocycles. The summed E-state index contributed by atoms with van der Waals surface area (Å²) in [7, 11) is 0. The van der Waals surface area contributed by atoms with E-state index in [1.165, 1.54) is 0 Å². The highest BCUT2D eigenvalue weighted by Crippen LogP contribution is 2.72. The maximum atomic E-state index is 12.4. The zero-order chi connectivity index (χ0) is 22.0. The Bertz CT molecular complexity index is 718. The number of aliphatic hydroxyl groups is 1. The maximum absolute atomic E-state index is 12.4. The number of rotatable bonds is 6. The summed E-state index contributed by atoms with van der Waals surface area (Å²) < 4.78 is 11.9. The number of ether oxygens (including phenoxy) is 2. The number of carbonyl (C=O) groups excluding carboxylic acids is 2. The van der Waals surface area contributed by atoms with Crippen LogP contribution in [0.15, 0.2) is 24.3 Å². The van der Waals surface area contributed by atoms with Crippen LogP contribution in [0.2, 0.25) is 0 Å². The molecule has 4 bridgehead atoms. The van der Waals surface area contributed by atoms with E-state index in [4.69, 9.17) is 9.47 Å². The summed E-state index contributed by atoms with van der Waals surface area (Å²) in [6, 6.07) is 0. The molecule has 0 heterocycles. The van der Waals surface area contributed by atoms with Crippen molar-refractivity contribution in [1.29, 1.82) is 0 Å². The molecule has 4 rings (SSSR count). The lowest BCUT2D eigenvalue weighted by atomic mass is 9.37. The predicted octanol–water partition coefficient (Wildman–Crippen LogP) is 4.48. The third kappa shape index (κ3) is 3.45. The van der Waals surface area contributed by atoms with Gasteiger partial charge in [0.1, 0.15) is 11.2 Å². The van der Waals surface area contributed by atoms with Crippen molar-refractivity contribution < 1.29 is 24.2 Å². The topological polar surface area (TPSA) is 72.8 Å². The van der Waals surface area contributed by atoms with E-state index in [1.807, 2.05) is 27.7 Å². The molecule has 4 aliphatic carbocycles. The maximum Gasteiger partial charge on any atom is 0.333 e. The van der Waals surface area contributed by atoms with Crippen molar-refractivity contribution in [2.45, 2.75) is 96.9 Å². The number of carbonyl (C=O) groups is 2. The first-order valence-corrected chi connectivity index (χ1v) is 10.6. The van der Waals surface area contributed by atoms with Gasteiger partial charge in [0, 0.05) is 22.0 Å². The van der Waals surface area contributed by atoms with E-state index >= 15 is 0 Å². The molecule has 0 spiro atoms. The van der Waals surface area contributed by atoms with Crippen LogP contribution >= 0.6 is 0 Å². The normalized spacial score (nSPS) is 35.9. The van der Waals surface area contributed by atoms with Crippen LogP contribution in [0.5, 0.6) is 0 Å². The molecule has 2 atom stereocenters. The summed E-state index contributed by atoms with van der Waals surface area (Å²) in [4.78, 5) is 24.7. The van der Waals surface area contributed by atoms with Gasteiger partial charge in [0.15, 0.2) is 0 Å². The first-order valence-electron chi connectivity index (χ1n) is 10.6. The summed E-state index contributed by atoms with van der Waals surface area (Å²) in [5.41, 5.74) is -2.39.